The normalized spacial score (nSPS) is 18.6. The standard InChI is InChI=1S/C15H16F4N2O5/c1-25-11-4-9(10(21(23)24)5-12(11)26-14(16)17)13(22)20-7-8-2-3-15(18,19)6-8/h4-5,8,14H,2-3,6-7H2,1H3,(H,20,22)/t8-/m1/s1. The SMILES string of the molecule is COc1cc(C(=O)NC[C@@H]2CCC(F)(F)C2)c([N+](=O)[O-])cc1OC(F)F. The van der Waals surface area contributed by atoms with Crippen molar-refractivity contribution in [1.29, 1.82) is 0 Å². The van der Waals surface area contributed by atoms with Gasteiger partial charge < -0.3 is 14.8 Å². The highest BCUT2D eigenvalue weighted by Gasteiger charge is 2.39. The molecule has 1 atom stereocenters. The van der Waals surface area contributed by atoms with Crippen LogP contribution in [0.25, 0.3) is 0 Å². The molecule has 1 aromatic rings. The van der Waals surface area contributed by atoms with Gasteiger partial charge in [-0.25, -0.2) is 8.78 Å². The molecule has 0 spiro atoms. The topological polar surface area (TPSA) is 90.7 Å². The Kier molecular flexibility index (Phi) is 5.88. The first-order chi connectivity index (χ1) is 12.1. The van der Waals surface area contributed by atoms with E-state index in [-0.39, 0.29) is 31.6 Å². The van der Waals surface area contributed by atoms with Gasteiger partial charge in [-0.3, -0.25) is 14.9 Å². The maximum Gasteiger partial charge on any atom is 0.387 e. The summed E-state index contributed by atoms with van der Waals surface area (Å²) in [5, 5.41) is 13.5. The van der Waals surface area contributed by atoms with Gasteiger partial charge in [0, 0.05) is 25.5 Å². The second kappa shape index (κ2) is 7.75. The number of amides is 1. The minimum Gasteiger partial charge on any atom is -0.493 e. The van der Waals surface area contributed by atoms with Crippen LogP contribution in [0, 0.1) is 16.0 Å². The van der Waals surface area contributed by atoms with Crippen LogP contribution in [0.1, 0.15) is 29.6 Å². The van der Waals surface area contributed by atoms with Gasteiger partial charge in [0.2, 0.25) is 5.92 Å². The number of hydrogen-bond donors (Lipinski definition) is 1. The van der Waals surface area contributed by atoms with Gasteiger partial charge in [-0.15, -0.1) is 0 Å². The average molecular weight is 380 g/mol. The second-order valence-electron chi connectivity index (χ2n) is 5.83. The number of benzene rings is 1. The van der Waals surface area contributed by atoms with Crippen LogP contribution >= 0.6 is 0 Å². The minimum atomic E-state index is -3.24. The van der Waals surface area contributed by atoms with E-state index in [1.165, 1.54) is 0 Å². The third-order valence-corrected chi connectivity index (χ3v) is 4.00. The van der Waals surface area contributed by atoms with Gasteiger partial charge in [0.15, 0.2) is 11.5 Å². The van der Waals surface area contributed by atoms with Gasteiger partial charge in [0.05, 0.1) is 18.1 Å². The van der Waals surface area contributed by atoms with Gasteiger partial charge in [-0.05, 0) is 12.3 Å². The minimum absolute atomic E-state index is 0.0802. The number of hydrogen-bond acceptors (Lipinski definition) is 5. The van der Waals surface area contributed by atoms with Crippen molar-refractivity contribution < 1.29 is 36.8 Å². The predicted molar refractivity (Wildman–Crippen MR) is 80.9 cm³/mol. The Morgan fingerprint density at radius 1 is 1.42 bits per heavy atom. The lowest BCUT2D eigenvalue weighted by Crippen LogP contribution is -2.29. The van der Waals surface area contributed by atoms with Crippen LogP contribution in [0.15, 0.2) is 12.1 Å². The van der Waals surface area contributed by atoms with Gasteiger partial charge in [-0.2, -0.15) is 8.78 Å². The molecular formula is C15H16F4N2O5. The largest absolute Gasteiger partial charge is 0.493 e. The number of nitrogens with one attached hydrogen (secondary N) is 1. The number of methoxy groups -OCH3 is 1. The van der Waals surface area contributed by atoms with Gasteiger partial charge in [0.25, 0.3) is 11.6 Å². The summed E-state index contributed by atoms with van der Waals surface area (Å²) in [6.45, 7) is -3.32. The fourth-order valence-electron chi connectivity index (χ4n) is 2.78. The van der Waals surface area contributed by atoms with E-state index in [1.54, 1.807) is 0 Å². The Morgan fingerprint density at radius 2 is 2.12 bits per heavy atom. The van der Waals surface area contributed by atoms with E-state index >= 15 is 0 Å². The first-order valence-corrected chi connectivity index (χ1v) is 7.60. The van der Waals surface area contributed by atoms with E-state index in [0.29, 0.717) is 6.07 Å². The zero-order valence-electron chi connectivity index (χ0n) is 13.6. The summed E-state index contributed by atoms with van der Waals surface area (Å²) in [5.74, 6) is -5.02. The van der Waals surface area contributed by atoms with Crippen LogP contribution in [0.4, 0.5) is 23.2 Å². The van der Waals surface area contributed by atoms with Gasteiger partial charge >= 0.3 is 6.61 Å². The molecule has 1 saturated carbocycles. The molecule has 0 unspecified atom stereocenters. The third kappa shape index (κ3) is 4.73. The van der Waals surface area contributed by atoms with Crippen LogP contribution in [-0.4, -0.2) is 37.0 Å². The maximum absolute atomic E-state index is 13.2. The molecule has 11 heteroatoms. The summed E-state index contributed by atoms with van der Waals surface area (Å²) >= 11 is 0. The van der Waals surface area contributed by atoms with Crippen molar-refractivity contribution in [3.63, 3.8) is 0 Å². The number of carbonyl (C=O) groups excluding carboxylic acids is 1. The van der Waals surface area contributed by atoms with Crippen molar-refractivity contribution in [2.75, 3.05) is 13.7 Å². The zero-order valence-corrected chi connectivity index (χ0v) is 13.6. The molecule has 144 valence electrons. The van der Waals surface area contributed by atoms with Gasteiger partial charge in [-0.1, -0.05) is 0 Å². The highest BCUT2D eigenvalue weighted by atomic mass is 19.3. The Hall–Kier alpha value is -2.59. The molecule has 0 heterocycles. The second-order valence-corrected chi connectivity index (χ2v) is 5.83. The highest BCUT2D eigenvalue weighted by Crippen LogP contribution is 2.39. The lowest BCUT2D eigenvalue weighted by Gasteiger charge is -2.14. The number of alkyl halides is 4. The zero-order chi connectivity index (χ0) is 19.5. The van der Waals surface area contributed by atoms with Crippen molar-refractivity contribution in [1.82, 2.24) is 5.32 Å². The Bertz CT molecular complexity index is 699. The molecule has 0 aliphatic heterocycles. The fraction of sp³-hybridized carbons (Fsp3) is 0.533. The van der Waals surface area contributed by atoms with Crippen molar-refractivity contribution in [2.24, 2.45) is 5.92 Å². The molecule has 26 heavy (non-hydrogen) atoms. The summed E-state index contributed by atoms with van der Waals surface area (Å²) in [6.07, 6.45) is -0.430. The summed E-state index contributed by atoms with van der Waals surface area (Å²) in [4.78, 5) is 22.5. The monoisotopic (exact) mass is 380 g/mol. The van der Waals surface area contributed by atoms with E-state index in [0.717, 1.165) is 13.2 Å². The lowest BCUT2D eigenvalue weighted by atomic mass is 10.1. The van der Waals surface area contributed by atoms with E-state index in [9.17, 15) is 32.5 Å². The number of carbonyl (C=O) groups is 1. The predicted octanol–water partition coefficient (Wildman–Crippen LogP) is 3.37. The van der Waals surface area contributed by atoms with Crippen LogP contribution in [0.2, 0.25) is 0 Å². The molecule has 0 aromatic heterocycles. The molecule has 1 aromatic carbocycles. The van der Waals surface area contributed by atoms with Crippen molar-refractivity contribution >= 4 is 11.6 Å². The van der Waals surface area contributed by atoms with E-state index in [1.807, 2.05) is 0 Å². The van der Waals surface area contributed by atoms with Crippen LogP contribution in [-0.2, 0) is 0 Å². The fourth-order valence-corrected chi connectivity index (χ4v) is 2.78. The molecule has 0 saturated heterocycles. The summed E-state index contributed by atoms with van der Waals surface area (Å²) in [6, 6.07) is 1.55. The first kappa shape index (κ1) is 19.7. The highest BCUT2D eigenvalue weighted by molar-refractivity contribution is 5.99. The molecule has 7 nitrogen and oxygen atoms in total. The number of nitrogens with zero attached hydrogens (tertiary/aromatic N) is 1. The molecule has 1 fully saturated rings. The number of halogens is 4. The molecule has 0 radical (unpaired) electrons. The Balaban J connectivity index is 2.20. The number of rotatable bonds is 7. The number of ether oxygens (including phenoxy) is 2. The van der Waals surface area contributed by atoms with Crippen molar-refractivity contribution in [2.45, 2.75) is 31.8 Å². The Morgan fingerprint density at radius 3 is 2.62 bits per heavy atom. The third-order valence-electron chi connectivity index (χ3n) is 4.00. The average Bonchev–Trinajstić information content (AvgIpc) is 2.90. The van der Waals surface area contributed by atoms with Gasteiger partial charge in [0.1, 0.15) is 5.56 Å². The first-order valence-electron chi connectivity index (χ1n) is 7.60. The molecule has 1 aliphatic rings. The lowest BCUT2D eigenvalue weighted by molar-refractivity contribution is -0.385. The maximum atomic E-state index is 13.2. The van der Waals surface area contributed by atoms with Crippen LogP contribution < -0.4 is 14.8 Å². The smallest absolute Gasteiger partial charge is 0.387 e. The van der Waals surface area contributed by atoms with Crippen molar-refractivity contribution in [3.05, 3.63) is 27.8 Å². The Labute approximate surface area is 145 Å². The molecule has 2 rings (SSSR count). The van der Waals surface area contributed by atoms with Crippen molar-refractivity contribution in [3.8, 4) is 11.5 Å². The molecular weight excluding hydrogens is 364 g/mol. The molecule has 1 aliphatic carbocycles. The van der Waals surface area contributed by atoms with E-state index in [2.05, 4.69) is 10.1 Å². The van der Waals surface area contributed by atoms with Crippen LogP contribution in [0.5, 0.6) is 11.5 Å². The summed E-state index contributed by atoms with van der Waals surface area (Å²) < 4.78 is 60.1. The molecule has 1 N–H and O–H groups in total. The number of nitro groups is 1. The number of nitro benzene ring substituents is 1. The quantitative estimate of drug-likeness (QED) is 0.445. The van der Waals surface area contributed by atoms with E-state index in [4.69, 9.17) is 4.74 Å². The summed E-state index contributed by atoms with van der Waals surface area (Å²) in [7, 11) is 1.11. The summed E-state index contributed by atoms with van der Waals surface area (Å²) in [5.41, 5.74) is -1.21. The van der Waals surface area contributed by atoms with Crippen LogP contribution in [0.3, 0.4) is 0 Å². The van der Waals surface area contributed by atoms with E-state index < -0.39 is 46.3 Å². The molecule has 1 amide bonds. The molecule has 0 bridgehead atoms.